The highest BCUT2D eigenvalue weighted by molar-refractivity contribution is 8.00. The van der Waals surface area contributed by atoms with E-state index >= 15 is 0 Å². The SMILES string of the molecule is CCNC(C)(C#N)CC(C)Sc1ccc2c(c1)OCCO2. The smallest absolute Gasteiger partial charge is 0.162 e. The Kier molecular flexibility index (Phi) is 5.38. The molecule has 114 valence electrons. The summed E-state index contributed by atoms with van der Waals surface area (Å²) < 4.78 is 11.1. The number of nitrogens with one attached hydrogen (secondary N) is 1. The molecule has 0 bridgehead atoms. The molecule has 0 radical (unpaired) electrons. The molecule has 2 rings (SSSR count). The van der Waals surface area contributed by atoms with E-state index in [1.54, 1.807) is 11.8 Å². The molecule has 21 heavy (non-hydrogen) atoms. The number of ether oxygens (including phenoxy) is 2. The summed E-state index contributed by atoms with van der Waals surface area (Å²) in [6.07, 6.45) is 0.788. The third-order valence-corrected chi connectivity index (χ3v) is 4.46. The van der Waals surface area contributed by atoms with Gasteiger partial charge in [0.25, 0.3) is 0 Å². The van der Waals surface area contributed by atoms with E-state index in [-0.39, 0.29) is 0 Å². The van der Waals surface area contributed by atoms with Gasteiger partial charge in [-0.15, -0.1) is 11.8 Å². The molecule has 2 atom stereocenters. The largest absolute Gasteiger partial charge is 0.486 e. The van der Waals surface area contributed by atoms with Crippen molar-refractivity contribution in [3.63, 3.8) is 0 Å². The van der Waals surface area contributed by atoms with Gasteiger partial charge < -0.3 is 9.47 Å². The van der Waals surface area contributed by atoms with Crippen LogP contribution in [0.15, 0.2) is 23.1 Å². The molecule has 5 heteroatoms. The Morgan fingerprint density at radius 3 is 2.76 bits per heavy atom. The van der Waals surface area contributed by atoms with Crippen LogP contribution in [0.4, 0.5) is 0 Å². The molecule has 0 saturated heterocycles. The van der Waals surface area contributed by atoms with Crippen LogP contribution in [0.1, 0.15) is 27.2 Å². The fourth-order valence-electron chi connectivity index (χ4n) is 2.49. The molecule has 0 saturated carbocycles. The maximum Gasteiger partial charge on any atom is 0.162 e. The summed E-state index contributed by atoms with van der Waals surface area (Å²) in [4.78, 5) is 1.14. The molecule has 0 aromatic heterocycles. The average Bonchev–Trinajstić information content (AvgIpc) is 2.47. The Bertz CT molecular complexity index is 529. The Balaban J connectivity index is 1.99. The summed E-state index contributed by atoms with van der Waals surface area (Å²) >= 11 is 1.76. The molecular formula is C16H22N2O2S. The number of rotatable bonds is 6. The highest BCUT2D eigenvalue weighted by Crippen LogP contribution is 2.36. The van der Waals surface area contributed by atoms with E-state index in [4.69, 9.17) is 9.47 Å². The zero-order valence-corrected chi connectivity index (χ0v) is 13.6. The summed E-state index contributed by atoms with van der Waals surface area (Å²) in [6, 6.07) is 8.40. The van der Waals surface area contributed by atoms with Crippen LogP contribution in [0.3, 0.4) is 0 Å². The molecule has 1 aliphatic heterocycles. The minimum atomic E-state index is -0.477. The van der Waals surface area contributed by atoms with Gasteiger partial charge in [-0.25, -0.2) is 0 Å². The third-order valence-electron chi connectivity index (χ3n) is 3.36. The van der Waals surface area contributed by atoms with Crippen molar-refractivity contribution in [1.29, 1.82) is 5.26 Å². The van der Waals surface area contributed by atoms with Crippen LogP contribution in [0.25, 0.3) is 0 Å². The molecule has 1 N–H and O–H groups in total. The first-order valence-electron chi connectivity index (χ1n) is 7.29. The van der Waals surface area contributed by atoms with Crippen molar-refractivity contribution in [1.82, 2.24) is 5.32 Å². The van der Waals surface area contributed by atoms with Crippen LogP contribution in [0.2, 0.25) is 0 Å². The maximum atomic E-state index is 9.33. The standard InChI is InChI=1S/C16H22N2O2S/c1-4-18-16(3,11-17)10-12(2)21-13-5-6-14-15(9-13)20-8-7-19-14/h5-6,9,12,18H,4,7-8,10H2,1-3H3. The number of nitrogens with zero attached hydrogens (tertiary/aromatic N) is 1. The number of hydrogen-bond donors (Lipinski definition) is 1. The van der Waals surface area contributed by atoms with Crippen LogP contribution in [0.5, 0.6) is 11.5 Å². The van der Waals surface area contributed by atoms with Gasteiger partial charge in [-0.1, -0.05) is 13.8 Å². The lowest BCUT2D eigenvalue weighted by molar-refractivity contribution is 0.171. The predicted molar refractivity (Wildman–Crippen MR) is 85.1 cm³/mol. The first-order chi connectivity index (χ1) is 10.1. The highest BCUT2D eigenvalue weighted by atomic mass is 32.2. The molecule has 2 unspecified atom stereocenters. The Morgan fingerprint density at radius 1 is 1.38 bits per heavy atom. The summed E-state index contributed by atoms with van der Waals surface area (Å²) in [5.41, 5.74) is -0.477. The minimum Gasteiger partial charge on any atom is -0.486 e. The molecule has 0 aliphatic carbocycles. The number of hydrogen-bond acceptors (Lipinski definition) is 5. The third kappa shape index (κ3) is 4.29. The minimum absolute atomic E-state index is 0.330. The number of benzene rings is 1. The Labute approximate surface area is 130 Å². The maximum absolute atomic E-state index is 9.33. The normalized spacial score (nSPS) is 17.6. The molecule has 0 fully saturated rings. The summed E-state index contributed by atoms with van der Waals surface area (Å²) in [5.74, 6) is 1.63. The van der Waals surface area contributed by atoms with Gasteiger partial charge >= 0.3 is 0 Å². The topological polar surface area (TPSA) is 54.3 Å². The van der Waals surface area contributed by atoms with Gasteiger partial charge in [0.05, 0.1) is 6.07 Å². The van der Waals surface area contributed by atoms with Crippen molar-refractivity contribution in [3.05, 3.63) is 18.2 Å². The number of thioether (sulfide) groups is 1. The van der Waals surface area contributed by atoms with E-state index in [1.807, 2.05) is 32.0 Å². The van der Waals surface area contributed by atoms with Crippen LogP contribution in [-0.4, -0.2) is 30.5 Å². The van der Waals surface area contributed by atoms with E-state index in [1.165, 1.54) is 0 Å². The van der Waals surface area contributed by atoms with Gasteiger partial charge in [0.1, 0.15) is 18.8 Å². The molecule has 1 aromatic rings. The molecule has 4 nitrogen and oxygen atoms in total. The average molecular weight is 306 g/mol. The summed E-state index contributed by atoms with van der Waals surface area (Å²) in [5, 5.41) is 12.9. The zero-order valence-electron chi connectivity index (χ0n) is 12.8. The first kappa shape index (κ1) is 16.0. The van der Waals surface area contributed by atoms with Gasteiger partial charge in [-0.2, -0.15) is 5.26 Å². The second-order valence-corrected chi connectivity index (χ2v) is 6.92. The van der Waals surface area contributed by atoms with E-state index in [9.17, 15) is 5.26 Å². The Morgan fingerprint density at radius 2 is 2.10 bits per heavy atom. The molecule has 0 amide bonds. The van der Waals surface area contributed by atoms with Gasteiger partial charge in [0.2, 0.25) is 0 Å². The summed E-state index contributed by atoms with van der Waals surface area (Å²) in [6.45, 7) is 8.13. The van der Waals surface area contributed by atoms with Gasteiger partial charge in [0.15, 0.2) is 11.5 Å². The van der Waals surface area contributed by atoms with Crippen LogP contribution < -0.4 is 14.8 Å². The van der Waals surface area contributed by atoms with Crippen LogP contribution in [0, 0.1) is 11.3 Å². The highest BCUT2D eigenvalue weighted by Gasteiger charge is 2.25. The Hall–Kier alpha value is -1.38. The number of fused-ring (bicyclic) bond motifs is 1. The predicted octanol–water partition coefficient (Wildman–Crippen LogP) is 3.22. The van der Waals surface area contributed by atoms with Crippen molar-refractivity contribution < 1.29 is 9.47 Å². The molecule has 1 aromatic carbocycles. The lowest BCUT2D eigenvalue weighted by Gasteiger charge is -2.26. The summed E-state index contributed by atoms with van der Waals surface area (Å²) in [7, 11) is 0. The second-order valence-electron chi connectivity index (χ2n) is 5.41. The number of nitriles is 1. The zero-order chi connectivity index (χ0) is 15.3. The van der Waals surface area contributed by atoms with Crippen LogP contribution in [-0.2, 0) is 0 Å². The molecule has 1 heterocycles. The second kappa shape index (κ2) is 7.06. The first-order valence-corrected chi connectivity index (χ1v) is 8.17. The van der Waals surface area contributed by atoms with Crippen molar-refractivity contribution >= 4 is 11.8 Å². The molecule has 0 spiro atoms. The van der Waals surface area contributed by atoms with Gasteiger partial charge in [-0.3, -0.25) is 5.32 Å². The van der Waals surface area contributed by atoms with Gasteiger partial charge in [0, 0.05) is 10.1 Å². The van der Waals surface area contributed by atoms with E-state index in [2.05, 4.69) is 18.3 Å². The van der Waals surface area contributed by atoms with E-state index in [0.717, 1.165) is 29.4 Å². The van der Waals surface area contributed by atoms with Crippen molar-refractivity contribution in [2.24, 2.45) is 0 Å². The quantitative estimate of drug-likeness (QED) is 0.818. The molecular weight excluding hydrogens is 284 g/mol. The van der Waals surface area contributed by atoms with Crippen molar-refractivity contribution in [3.8, 4) is 17.6 Å². The lowest BCUT2D eigenvalue weighted by atomic mass is 9.98. The fraction of sp³-hybridized carbons (Fsp3) is 0.562. The van der Waals surface area contributed by atoms with E-state index in [0.29, 0.717) is 18.5 Å². The van der Waals surface area contributed by atoms with Crippen molar-refractivity contribution in [2.45, 2.75) is 42.9 Å². The lowest BCUT2D eigenvalue weighted by Crippen LogP contribution is -2.42. The van der Waals surface area contributed by atoms with E-state index < -0.39 is 5.54 Å². The van der Waals surface area contributed by atoms with Crippen LogP contribution >= 0.6 is 11.8 Å². The molecule has 1 aliphatic rings. The fourth-order valence-corrected chi connectivity index (χ4v) is 3.70. The van der Waals surface area contributed by atoms with Gasteiger partial charge in [-0.05, 0) is 38.1 Å². The van der Waals surface area contributed by atoms with Crippen molar-refractivity contribution in [2.75, 3.05) is 19.8 Å². The monoisotopic (exact) mass is 306 g/mol.